The number of ether oxygens (including phenoxy) is 1. The first-order valence-corrected chi connectivity index (χ1v) is 9.68. The monoisotopic (exact) mass is 444 g/mol. The molecule has 30 heavy (non-hydrogen) atoms. The van der Waals surface area contributed by atoms with E-state index in [1.807, 2.05) is 38.1 Å². The van der Waals surface area contributed by atoms with Crippen LogP contribution in [0.3, 0.4) is 0 Å². The Bertz CT molecular complexity index is 1050. The van der Waals surface area contributed by atoms with Crippen LogP contribution in [0, 0.1) is 11.3 Å². The summed E-state index contributed by atoms with van der Waals surface area (Å²) in [6.07, 6.45) is 2.61. The highest BCUT2D eigenvalue weighted by molar-refractivity contribution is 6.30. The number of hydrogen-bond acceptors (Lipinski definition) is 5. The molecule has 2 N–H and O–H groups in total. The first kappa shape index (κ1) is 22.0. The summed E-state index contributed by atoms with van der Waals surface area (Å²) in [7, 11) is 0. The molecule has 0 saturated carbocycles. The van der Waals surface area contributed by atoms with Crippen LogP contribution in [0.15, 0.2) is 54.9 Å². The van der Waals surface area contributed by atoms with Crippen LogP contribution in [-0.2, 0) is 6.54 Å². The largest absolute Gasteiger partial charge is 0.485 e. The maximum Gasteiger partial charge on any atom is 0.132 e. The van der Waals surface area contributed by atoms with Crippen molar-refractivity contribution in [2.24, 2.45) is 0 Å². The van der Waals surface area contributed by atoms with Gasteiger partial charge in [0.05, 0.1) is 24.2 Å². The predicted octanol–water partition coefficient (Wildman–Crippen LogP) is 4.64. The van der Waals surface area contributed by atoms with E-state index in [4.69, 9.17) is 16.3 Å². The summed E-state index contributed by atoms with van der Waals surface area (Å²) < 4.78 is 6.07. The highest BCUT2D eigenvalue weighted by Crippen LogP contribution is 2.45. The van der Waals surface area contributed by atoms with E-state index in [-0.39, 0.29) is 12.4 Å². The Morgan fingerprint density at radius 3 is 2.63 bits per heavy atom. The van der Waals surface area contributed by atoms with Gasteiger partial charge < -0.3 is 19.7 Å². The predicted molar refractivity (Wildman–Crippen MR) is 118 cm³/mol. The number of aliphatic hydroxyl groups excluding tert-OH is 1. The van der Waals surface area contributed by atoms with Crippen LogP contribution in [-0.4, -0.2) is 26.8 Å². The highest BCUT2D eigenvalue weighted by Gasteiger charge is 2.45. The van der Waals surface area contributed by atoms with Crippen molar-refractivity contribution in [3.8, 4) is 11.8 Å². The van der Waals surface area contributed by atoms with E-state index < -0.39 is 17.7 Å². The maximum absolute atomic E-state index is 11.3. The molecule has 0 radical (unpaired) electrons. The number of benzene rings is 2. The van der Waals surface area contributed by atoms with Gasteiger partial charge in [0.25, 0.3) is 0 Å². The molecule has 2 unspecified atom stereocenters. The molecule has 4 rings (SSSR count). The lowest BCUT2D eigenvalue weighted by Gasteiger charge is -2.47. The molecule has 0 amide bonds. The summed E-state index contributed by atoms with van der Waals surface area (Å²) in [5.41, 5.74) is 1.33. The molecule has 0 spiro atoms. The van der Waals surface area contributed by atoms with E-state index in [9.17, 15) is 10.4 Å². The van der Waals surface area contributed by atoms with Gasteiger partial charge in [0.2, 0.25) is 0 Å². The van der Waals surface area contributed by atoms with Gasteiger partial charge in [-0.2, -0.15) is 5.26 Å². The number of nitrogens with zero attached hydrogens (tertiary/aromatic N) is 3. The van der Waals surface area contributed by atoms with E-state index >= 15 is 0 Å². The SMILES string of the molecule is CC1(C)Oc2ccc(C#N)cc2C(N(Cc2ncc[nH]2)c2ccc(Cl)cc2)C1O.Cl. The Labute approximate surface area is 186 Å². The summed E-state index contributed by atoms with van der Waals surface area (Å²) in [4.78, 5) is 9.54. The third kappa shape index (κ3) is 4.10. The summed E-state index contributed by atoms with van der Waals surface area (Å²) in [6, 6.07) is 14.5. The first-order chi connectivity index (χ1) is 13.9. The van der Waals surface area contributed by atoms with E-state index in [1.165, 1.54) is 0 Å². The third-order valence-electron chi connectivity index (χ3n) is 5.21. The van der Waals surface area contributed by atoms with Gasteiger partial charge in [-0.1, -0.05) is 11.6 Å². The number of halogens is 2. The normalized spacial score (nSPS) is 19.0. The molecule has 1 aliphatic rings. The fourth-order valence-corrected chi connectivity index (χ4v) is 3.83. The van der Waals surface area contributed by atoms with Gasteiger partial charge >= 0.3 is 0 Å². The number of nitriles is 1. The van der Waals surface area contributed by atoms with E-state index in [0.717, 1.165) is 17.1 Å². The van der Waals surface area contributed by atoms with E-state index in [1.54, 1.807) is 30.6 Å². The number of H-pyrrole nitrogens is 1. The van der Waals surface area contributed by atoms with Crippen LogP contribution in [0.5, 0.6) is 5.75 Å². The minimum Gasteiger partial charge on any atom is -0.485 e. The number of aromatic nitrogens is 2. The number of aromatic amines is 1. The number of fused-ring (bicyclic) bond motifs is 1. The van der Waals surface area contributed by atoms with Crippen molar-refractivity contribution >= 4 is 29.7 Å². The van der Waals surface area contributed by atoms with Gasteiger partial charge in [-0.3, -0.25) is 0 Å². The Hall–Kier alpha value is -2.72. The summed E-state index contributed by atoms with van der Waals surface area (Å²) in [6.45, 7) is 4.15. The zero-order valence-electron chi connectivity index (χ0n) is 16.5. The molecular formula is C22H22Cl2N4O2. The topological polar surface area (TPSA) is 85.2 Å². The standard InChI is InChI=1S/C22H21ClN4O2.ClH/c1-22(2)21(28)20(17-11-14(12-24)3-8-18(17)29-22)27(13-19-25-9-10-26-19)16-6-4-15(23)5-7-16;/h3-11,20-21,28H,13H2,1-2H3,(H,25,26);1H. The molecule has 0 bridgehead atoms. The first-order valence-electron chi connectivity index (χ1n) is 9.30. The fraction of sp³-hybridized carbons (Fsp3) is 0.273. The van der Waals surface area contributed by atoms with Crippen molar-refractivity contribution in [3.05, 3.63) is 76.8 Å². The van der Waals surface area contributed by atoms with Crippen molar-refractivity contribution in [1.82, 2.24) is 9.97 Å². The second-order valence-electron chi connectivity index (χ2n) is 7.60. The molecule has 156 valence electrons. The zero-order chi connectivity index (χ0) is 20.6. The lowest BCUT2D eigenvalue weighted by Crippen LogP contribution is -2.53. The van der Waals surface area contributed by atoms with Crippen LogP contribution in [0.2, 0.25) is 5.02 Å². The van der Waals surface area contributed by atoms with Crippen LogP contribution in [0.1, 0.15) is 36.8 Å². The third-order valence-corrected chi connectivity index (χ3v) is 5.46. The number of nitrogens with one attached hydrogen (secondary N) is 1. The number of imidazole rings is 1. The molecule has 2 aromatic carbocycles. The van der Waals surface area contributed by atoms with Crippen molar-refractivity contribution in [1.29, 1.82) is 5.26 Å². The summed E-state index contributed by atoms with van der Waals surface area (Å²) in [5, 5.41) is 21.3. The molecule has 0 aliphatic carbocycles. The lowest BCUT2D eigenvalue weighted by atomic mass is 9.84. The number of anilines is 1. The van der Waals surface area contributed by atoms with Crippen molar-refractivity contribution in [3.63, 3.8) is 0 Å². The molecule has 8 heteroatoms. The number of rotatable bonds is 4. The van der Waals surface area contributed by atoms with Crippen molar-refractivity contribution in [2.75, 3.05) is 4.90 Å². The van der Waals surface area contributed by atoms with Crippen molar-refractivity contribution < 1.29 is 9.84 Å². The average molecular weight is 445 g/mol. The quantitative estimate of drug-likeness (QED) is 0.612. The Kier molecular flexibility index (Phi) is 6.27. The molecular weight excluding hydrogens is 423 g/mol. The van der Waals surface area contributed by atoms with Gasteiger partial charge in [-0.15, -0.1) is 12.4 Å². The summed E-state index contributed by atoms with van der Waals surface area (Å²) >= 11 is 6.10. The fourth-order valence-electron chi connectivity index (χ4n) is 3.70. The Morgan fingerprint density at radius 2 is 2.00 bits per heavy atom. The average Bonchev–Trinajstić information content (AvgIpc) is 3.21. The molecule has 1 aromatic heterocycles. The molecule has 6 nitrogen and oxygen atoms in total. The molecule has 2 heterocycles. The zero-order valence-corrected chi connectivity index (χ0v) is 18.1. The van der Waals surface area contributed by atoms with Crippen LogP contribution < -0.4 is 9.64 Å². The number of hydrogen-bond donors (Lipinski definition) is 2. The van der Waals surface area contributed by atoms with E-state index in [0.29, 0.717) is 22.9 Å². The Balaban J connectivity index is 0.00000256. The highest BCUT2D eigenvalue weighted by atomic mass is 35.5. The Morgan fingerprint density at radius 1 is 1.27 bits per heavy atom. The van der Waals surface area contributed by atoms with Crippen LogP contribution in [0.25, 0.3) is 0 Å². The molecule has 0 fully saturated rings. The maximum atomic E-state index is 11.3. The second kappa shape index (κ2) is 8.57. The number of aliphatic hydroxyl groups is 1. The minimum atomic E-state index is -0.852. The minimum absolute atomic E-state index is 0. The van der Waals surface area contributed by atoms with Gasteiger partial charge in [-0.25, -0.2) is 4.98 Å². The summed E-state index contributed by atoms with van der Waals surface area (Å²) in [5.74, 6) is 1.41. The van der Waals surface area contributed by atoms with E-state index in [2.05, 4.69) is 20.9 Å². The second-order valence-corrected chi connectivity index (χ2v) is 8.04. The lowest BCUT2D eigenvalue weighted by molar-refractivity contribution is -0.0590. The molecule has 2 atom stereocenters. The van der Waals surface area contributed by atoms with Crippen LogP contribution >= 0.6 is 24.0 Å². The van der Waals surface area contributed by atoms with Gasteiger partial charge in [0, 0.05) is 28.7 Å². The smallest absolute Gasteiger partial charge is 0.132 e. The van der Waals surface area contributed by atoms with Crippen LogP contribution in [0.4, 0.5) is 5.69 Å². The van der Waals surface area contributed by atoms with Gasteiger partial charge in [-0.05, 0) is 56.3 Å². The van der Waals surface area contributed by atoms with Gasteiger partial charge in [0.1, 0.15) is 23.3 Å². The molecule has 1 aliphatic heterocycles. The van der Waals surface area contributed by atoms with Gasteiger partial charge in [0.15, 0.2) is 0 Å². The molecule has 0 saturated heterocycles. The van der Waals surface area contributed by atoms with Crippen molar-refractivity contribution in [2.45, 2.75) is 38.1 Å². The molecule has 3 aromatic rings.